The Kier molecular flexibility index (Phi) is 4.61. The summed E-state index contributed by atoms with van der Waals surface area (Å²) in [5.41, 5.74) is 0. The molecule has 0 aliphatic carbocycles. The highest BCUT2D eigenvalue weighted by atomic mass is 16.5. The number of methoxy groups -OCH3 is 1. The summed E-state index contributed by atoms with van der Waals surface area (Å²) in [7, 11) is 3.50. The quantitative estimate of drug-likeness (QED) is 0.842. The van der Waals surface area contributed by atoms with E-state index < -0.39 is 5.97 Å². The van der Waals surface area contributed by atoms with Crippen LogP contribution in [0.2, 0.25) is 0 Å². The van der Waals surface area contributed by atoms with E-state index in [2.05, 4.69) is 28.9 Å². The van der Waals surface area contributed by atoms with Gasteiger partial charge in [0, 0.05) is 6.04 Å². The molecule has 0 bridgehead atoms. The van der Waals surface area contributed by atoms with Crippen molar-refractivity contribution in [1.82, 2.24) is 10.2 Å². The molecule has 0 spiro atoms. The summed E-state index contributed by atoms with van der Waals surface area (Å²) in [6.07, 6.45) is 2.29. The third-order valence-electron chi connectivity index (χ3n) is 3.64. The zero-order valence-electron chi connectivity index (χ0n) is 11.8. The molecule has 1 aromatic rings. The Morgan fingerprint density at radius 2 is 2.16 bits per heavy atom. The van der Waals surface area contributed by atoms with Crippen LogP contribution in [0, 0.1) is 0 Å². The highest BCUT2D eigenvalue weighted by Gasteiger charge is 2.21. The van der Waals surface area contributed by atoms with E-state index in [-0.39, 0.29) is 11.8 Å². The first-order chi connectivity index (χ1) is 9.10. The molecule has 5 nitrogen and oxygen atoms in total. The van der Waals surface area contributed by atoms with Crippen molar-refractivity contribution >= 4 is 5.97 Å². The Morgan fingerprint density at radius 1 is 1.47 bits per heavy atom. The number of esters is 1. The topological polar surface area (TPSA) is 54.7 Å². The van der Waals surface area contributed by atoms with Gasteiger partial charge in [0.1, 0.15) is 5.76 Å². The second kappa shape index (κ2) is 6.21. The second-order valence-electron chi connectivity index (χ2n) is 5.16. The van der Waals surface area contributed by atoms with Crippen LogP contribution in [0.5, 0.6) is 0 Å². The van der Waals surface area contributed by atoms with Crippen LogP contribution < -0.4 is 5.32 Å². The maximum absolute atomic E-state index is 11.3. The predicted molar refractivity (Wildman–Crippen MR) is 72.1 cm³/mol. The molecular weight excluding hydrogens is 244 g/mol. The molecule has 2 rings (SSSR count). The maximum atomic E-state index is 11.3. The van der Waals surface area contributed by atoms with Gasteiger partial charge in [-0.25, -0.2) is 4.79 Å². The molecule has 19 heavy (non-hydrogen) atoms. The molecule has 1 aliphatic heterocycles. The van der Waals surface area contributed by atoms with Crippen molar-refractivity contribution in [3.8, 4) is 0 Å². The maximum Gasteiger partial charge on any atom is 0.373 e. The van der Waals surface area contributed by atoms with Gasteiger partial charge in [-0.2, -0.15) is 0 Å². The van der Waals surface area contributed by atoms with Crippen LogP contribution in [-0.2, 0) is 4.74 Å². The number of furan rings is 1. The Hall–Kier alpha value is -1.33. The van der Waals surface area contributed by atoms with E-state index >= 15 is 0 Å². The molecule has 0 radical (unpaired) electrons. The first-order valence-electron chi connectivity index (χ1n) is 6.72. The number of nitrogens with zero attached hydrogens (tertiary/aromatic N) is 1. The normalized spacial score (nSPS) is 19.3. The van der Waals surface area contributed by atoms with Crippen LogP contribution in [0.4, 0.5) is 0 Å². The lowest BCUT2D eigenvalue weighted by atomic mass is 10.0. The molecule has 0 aromatic carbocycles. The molecular formula is C14H22N2O3. The summed E-state index contributed by atoms with van der Waals surface area (Å²) in [6.45, 7) is 4.30. The van der Waals surface area contributed by atoms with Crippen LogP contribution in [0.15, 0.2) is 16.5 Å². The van der Waals surface area contributed by atoms with Gasteiger partial charge in [-0.05, 0) is 52.0 Å². The van der Waals surface area contributed by atoms with E-state index in [0.29, 0.717) is 6.04 Å². The standard InChI is InChI=1S/C14H22N2O3/c1-10(15-11-6-8-16(2)9-7-11)12-4-5-13(19-12)14(17)18-3/h4-5,10-11,15H,6-9H2,1-3H3. The zero-order valence-corrected chi connectivity index (χ0v) is 11.8. The molecule has 1 fully saturated rings. The van der Waals surface area contributed by atoms with Crippen molar-refractivity contribution in [3.63, 3.8) is 0 Å². The molecule has 5 heteroatoms. The Bertz CT molecular complexity index is 422. The summed E-state index contributed by atoms with van der Waals surface area (Å²) < 4.78 is 10.1. The largest absolute Gasteiger partial charge is 0.463 e. The van der Waals surface area contributed by atoms with Gasteiger partial charge in [0.25, 0.3) is 0 Å². The molecule has 106 valence electrons. The lowest BCUT2D eigenvalue weighted by Crippen LogP contribution is -2.41. The van der Waals surface area contributed by atoms with E-state index in [1.54, 1.807) is 6.07 Å². The Labute approximate surface area is 113 Å². The van der Waals surface area contributed by atoms with Gasteiger partial charge in [-0.1, -0.05) is 0 Å². The van der Waals surface area contributed by atoms with Crippen molar-refractivity contribution in [2.24, 2.45) is 0 Å². The van der Waals surface area contributed by atoms with Crippen LogP contribution in [-0.4, -0.2) is 44.2 Å². The van der Waals surface area contributed by atoms with E-state index in [1.807, 2.05) is 6.07 Å². The Balaban J connectivity index is 1.90. The molecule has 0 saturated carbocycles. The van der Waals surface area contributed by atoms with Crippen molar-refractivity contribution in [2.75, 3.05) is 27.2 Å². The van der Waals surface area contributed by atoms with Gasteiger partial charge >= 0.3 is 5.97 Å². The van der Waals surface area contributed by atoms with E-state index in [0.717, 1.165) is 31.7 Å². The van der Waals surface area contributed by atoms with Crippen LogP contribution in [0.1, 0.15) is 42.1 Å². The lowest BCUT2D eigenvalue weighted by Gasteiger charge is -2.31. The average Bonchev–Trinajstić information content (AvgIpc) is 2.90. The third kappa shape index (κ3) is 3.58. The summed E-state index contributed by atoms with van der Waals surface area (Å²) in [5.74, 6) is 0.603. The van der Waals surface area contributed by atoms with E-state index in [1.165, 1.54) is 7.11 Å². The summed E-state index contributed by atoms with van der Waals surface area (Å²) in [4.78, 5) is 13.7. The number of hydrogen-bond donors (Lipinski definition) is 1. The first-order valence-corrected chi connectivity index (χ1v) is 6.72. The van der Waals surface area contributed by atoms with Gasteiger partial charge in [-0.3, -0.25) is 0 Å². The smallest absolute Gasteiger partial charge is 0.373 e. The molecule has 1 aromatic heterocycles. The molecule has 0 amide bonds. The second-order valence-corrected chi connectivity index (χ2v) is 5.16. The lowest BCUT2D eigenvalue weighted by molar-refractivity contribution is 0.0562. The number of hydrogen-bond acceptors (Lipinski definition) is 5. The predicted octanol–water partition coefficient (Wildman–Crippen LogP) is 1.81. The van der Waals surface area contributed by atoms with E-state index in [9.17, 15) is 4.79 Å². The number of piperidine rings is 1. The number of ether oxygens (including phenoxy) is 1. The van der Waals surface area contributed by atoms with Gasteiger partial charge in [-0.15, -0.1) is 0 Å². The zero-order chi connectivity index (χ0) is 13.8. The molecule has 2 heterocycles. The van der Waals surface area contributed by atoms with Gasteiger partial charge in [0.05, 0.1) is 13.2 Å². The SMILES string of the molecule is COC(=O)c1ccc(C(C)NC2CCN(C)CC2)o1. The molecule has 1 aliphatic rings. The fraction of sp³-hybridized carbons (Fsp3) is 0.643. The minimum Gasteiger partial charge on any atom is -0.463 e. The summed E-state index contributed by atoms with van der Waals surface area (Å²) in [5, 5.41) is 3.55. The van der Waals surface area contributed by atoms with Gasteiger partial charge in [0.2, 0.25) is 5.76 Å². The van der Waals surface area contributed by atoms with Gasteiger partial charge in [0.15, 0.2) is 0 Å². The molecule has 1 saturated heterocycles. The first kappa shape index (κ1) is 14.1. The molecule has 1 N–H and O–H groups in total. The molecule has 1 atom stereocenters. The highest BCUT2D eigenvalue weighted by molar-refractivity contribution is 5.86. The monoisotopic (exact) mass is 266 g/mol. The van der Waals surface area contributed by atoms with Crippen molar-refractivity contribution in [2.45, 2.75) is 31.8 Å². The fourth-order valence-corrected chi connectivity index (χ4v) is 2.41. The van der Waals surface area contributed by atoms with E-state index in [4.69, 9.17) is 4.42 Å². The molecule has 1 unspecified atom stereocenters. The number of rotatable bonds is 4. The third-order valence-corrected chi connectivity index (χ3v) is 3.64. The van der Waals surface area contributed by atoms with Crippen molar-refractivity contribution < 1.29 is 13.9 Å². The van der Waals surface area contributed by atoms with Crippen LogP contribution in [0.25, 0.3) is 0 Å². The highest BCUT2D eigenvalue weighted by Crippen LogP contribution is 2.19. The van der Waals surface area contributed by atoms with Crippen molar-refractivity contribution in [1.29, 1.82) is 0 Å². The van der Waals surface area contributed by atoms with Crippen LogP contribution in [0.3, 0.4) is 0 Å². The Morgan fingerprint density at radius 3 is 2.79 bits per heavy atom. The minimum atomic E-state index is -0.433. The average molecular weight is 266 g/mol. The van der Waals surface area contributed by atoms with Gasteiger partial charge < -0.3 is 19.4 Å². The fourth-order valence-electron chi connectivity index (χ4n) is 2.41. The summed E-state index contributed by atoms with van der Waals surface area (Å²) >= 11 is 0. The minimum absolute atomic E-state index is 0.104. The number of likely N-dealkylation sites (tertiary alicyclic amines) is 1. The van der Waals surface area contributed by atoms with Crippen molar-refractivity contribution in [3.05, 3.63) is 23.7 Å². The number of carbonyl (C=O) groups excluding carboxylic acids is 1. The summed E-state index contributed by atoms with van der Waals surface area (Å²) in [6, 6.07) is 4.11. The number of carbonyl (C=O) groups is 1. The van der Waals surface area contributed by atoms with Crippen LogP contribution >= 0.6 is 0 Å². The number of nitrogens with one attached hydrogen (secondary N) is 1.